The van der Waals surface area contributed by atoms with Crippen molar-refractivity contribution in [1.82, 2.24) is 15.5 Å². The summed E-state index contributed by atoms with van der Waals surface area (Å²) in [7, 11) is 0. The zero-order valence-electron chi connectivity index (χ0n) is 18.2. The maximum absolute atomic E-state index is 6.36. The highest BCUT2D eigenvalue weighted by Gasteiger charge is 2.34. The number of nitrogens with two attached hydrogens (primary N) is 2. The summed E-state index contributed by atoms with van der Waals surface area (Å²) in [6.07, 6.45) is 0. The quantitative estimate of drug-likeness (QED) is 0.400. The van der Waals surface area contributed by atoms with Gasteiger partial charge in [-0.2, -0.15) is 9.97 Å². The van der Waals surface area contributed by atoms with E-state index in [2.05, 4.69) is 48.9 Å². The minimum atomic E-state index is -0.0207. The average Bonchev–Trinajstić information content (AvgIpc) is 3.06. The number of hydrazine groups is 2. The molecule has 2 aromatic rings. The molecule has 1 atom stereocenters. The van der Waals surface area contributed by atoms with E-state index in [1.165, 1.54) is 0 Å². The van der Waals surface area contributed by atoms with Crippen LogP contribution in [-0.4, -0.2) is 34.6 Å². The number of anilines is 5. The molecule has 30 heavy (non-hydrogen) atoms. The molecule has 2 heterocycles. The van der Waals surface area contributed by atoms with Gasteiger partial charge in [-0.1, -0.05) is 17.7 Å². The van der Waals surface area contributed by atoms with Crippen LogP contribution in [0.3, 0.4) is 0 Å². The molecule has 0 saturated heterocycles. The largest absolute Gasteiger partial charge is 0.398 e. The van der Waals surface area contributed by atoms with Gasteiger partial charge in [-0.25, -0.2) is 0 Å². The minimum absolute atomic E-state index is 0.0207. The first-order valence-electron chi connectivity index (χ1n) is 10.2. The fraction of sp³-hybridized carbons (Fsp3) is 0.500. The molecule has 1 unspecified atom stereocenters. The van der Waals surface area contributed by atoms with Crippen molar-refractivity contribution in [2.75, 3.05) is 32.9 Å². The number of hydrogen-bond donors (Lipinski definition) is 5. The third kappa shape index (κ3) is 4.63. The first-order valence-corrected chi connectivity index (χ1v) is 10.6. The highest BCUT2D eigenvalue weighted by atomic mass is 35.5. The SMILES string of the molecule is CC(N)CNc1nc(NCc2c(N)cccc2Cl)c2c(n1)N(C(C)C)NN2C(C)C. The fourth-order valence-electron chi connectivity index (χ4n) is 3.17. The van der Waals surface area contributed by atoms with E-state index in [4.69, 9.17) is 33.0 Å². The number of nitrogens with zero attached hydrogens (tertiary/aromatic N) is 4. The first kappa shape index (κ1) is 22.2. The number of rotatable bonds is 8. The molecule has 3 rings (SSSR count). The van der Waals surface area contributed by atoms with Crippen molar-refractivity contribution in [3.05, 3.63) is 28.8 Å². The Kier molecular flexibility index (Phi) is 6.74. The Hall–Kier alpha value is -2.49. The van der Waals surface area contributed by atoms with Gasteiger partial charge in [-0.3, -0.25) is 10.0 Å². The van der Waals surface area contributed by atoms with Crippen molar-refractivity contribution >= 4 is 40.6 Å². The number of aromatic nitrogens is 2. The van der Waals surface area contributed by atoms with Gasteiger partial charge in [0.05, 0.1) is 0 Å². The monoisotopic (exact) mass is 433 g/mol. The highest BCUT2D eigenvalue weighted by Crippen LogP contribution is 2.40. The summed E-state index contributed by atoms with van der Waals surface area (Å²) in [5, 5.41) is 11.4. The number of benzene rings is 1. The second-order valence-electron chi connectivity index (χ2n) is 8.11. The van der Waals surface area contributed by atoms with Gasteiger partial charge in [0.25, 0.3) is 0 Å². The van der Waals surface area contributed by atoms with Crippen molar-refractivity contribution < 1.29 is 0 Å². The van der Waals surface area contributed by atoms with Gasteiger partial charge in [-0.15, -0.1) is 5.53 Å². The van der Waals surface area contributed by atoms with Crippen LogP contribution in [0.15, 0.2) is 18.2 Å². The first-order chi connectivity index (χ1) is 14.2. The normalized spacial score (nSPS) is 14.4. The summed E-state index contributed by atoms with van der Waals surface area (Å²) in [6, 6.07) is 5.86. The van der Waals surface area contributed by atoms with Crippen molar-refractivity contribution in [3.8, 4) is 0 Å². The number of fused-ring (bicyclic) bond motifs is 1. The Balaban J connectivity index is 2.02. The van der Waals surface area contributed by atoms with E-state index < -0.39 is 0 Å². The van der Waals surface area contributed by atoms with Gasteiger partial charge in [0.15, 0.2) is 11.6 Å². The second kappa shape index (κ2) is 9.11. The Morgan fingerprint density at radius 1 is 1.07 bits per heavy atom. The van der Waals surface area contributed by atoms with E-state index in [9.17, 15) is 0 Å². The van der Waals surface area contributed by atoms with Gasteiger partial charge in [0.2, 0.25) is 5.95 Å². The topological polar surface area (TPSA) is 120 Å². The lowest BCUT2D eigenvalue weighted by molar-refractivity contribution is 0.524. The molecule has 9 nitrogen and oxygen atoms in total. The van der Waals surface area contributed by atoms with Crippen LogP contribution in [-0.2, 0) is 6.54 Å². The Morgan fingerprint density at radius 3 is 2.37 bits per heavy atom. The molecular formula is C20H32ClN9. The van der Waals surface area contributed by atoms with Crippen molar-refractivity contribution in [3.63, 3.8) is 0 Å². The molecule has 1 aromatic carbocycles. The molecule has 1 aliphatic rings. The predicted octanol–water partition coefficient (Wildman–Crippen LogP) is 2.95. The van der Waals surface area contributed by atoms with Gasteiger partial charge < -0.3 is 22.1 Å². The average molecular weight is 434 g/mol. The van der Waals surface area contributed by atoms with E-state index in [0.717, 1.165) is 17.1 Å². The maximum Gasteiger partial charge on any atom is 0.226 e. The summed E-state index contributed by atoms with van der Waals surface area (Å²) in [5.74, 6) is 2.00. The zero-order chi connectivity index (χ0) is 22.0. The van der Waals surface area contributed by atoms with Crippen LogP contribution < -0.4 is 37.7 Å². The zero-order valence-corrected chi connectivity index (χ0v) is 19.0. The fourth-order valence-corrected chi connectivity index (χ4v) is 3.42. The van der Waals surface area contributed by atoms with Crippen molar-refractivity contribution in [2.45, 2.75) is 59.3 Å². The molecule has 0 aliphatic carbocycles. The molecule has 0 amide bonds. The van der Waals surface area contributed by atoms with E-state index in [1.807, 2.05) is 30.1 Å². The van der Waals surface area contributed by atoms with E-state index in [0.29, 0.717) is 35.6 Å². The van der Waals surface area contributed by atoms with E-state index >= 15 is 0 Å². The third-order valence-electron chi connectivity index (χ3n) is 4.75. The van der Waals surface area contributed by atoms with Crippen LogP contribution >= 0.6 is 11.6 Å². The lowest BCUT2D eigenvalue weighted by Gasteiger charge is -2.27. The van der Waals surface area contributed by atoms with Gasteiger partial charge >= 0.3 is 0 Å². The van der Waals surface area contributed by atoms with Gasteiger partial charge in [0, 0.05) is 47.5 Å². The standard InChI is InChI=1S/C20H32ClN9/c1-11(2)29-17-18(24-10-14-15(21)7-6-8-16(14)23)26-20(25-9-13(5)22)27-19(17)30(28-29)12(3)4/h6-8,11-13,28H,9-10,22-23H2,1-5H3,(H2,24,25,26,27). The van der Waals surface area contributed by atoms with Crippen molar-refractivity contribution in [2.24, 2.45) is 5.73 Å². The summed E-state index contributed by atoms with van der Waals surface area (Å²) < 4.78 is 0. The summed E-state index contributed by atoms with van der Waals surface area (Å²) in [4.78, 5) is 9.50. The maximum atomic E-state index is 6.36. The lowest BCUT2D eigenvalue weighted by Crippen LogP contribution is -2.50. The van der Waals surface area contributed by atoms with Crippen LogP contribution in [0.25, 0.3) is 0 Å². The minimum Gasteiger partial charge on any atom is -0.398 e. The highest BCUT2D eigenvalue weighted by molar-refractivity contribution is 6.31. The van der Waals surface area contributed by atoms with E-state index in [-0.39, 0.29) is 18.1 Å². The van der Waals surface area contributed by atoms with Crippen LogP contribution in [0, 0.1) is 0 Å². The van der Waals surface area contributed by atoms with Crippen LogP contribution in [0.2, 0.25) is 5.02 Å². The molecule has 7 N–H and O–H groups in total. The molecule has 0 bridgehead atoms. The summed E-state index contributed by atoms with van der Waals surface area (Å²) in [5.41, 5.74) is 17.8. The summed E-state index contributed by atoms with van der Waals surface area (Å²) in [6.45, 7) is 11.4. The second-order valence-corrected chi connectivity index (χ2v) is 8.52. The number of nitrogen functional groups attached to an aromatic ring is 1. The molecule has 0 fully saturated rings. The summed E-state index contributed by atoms with van der Waals surface area (Å²) >= 11 is 6.36. The van der Waals surface area contributed by atoms with Crippen LogP contribution in [0.5, 0.6) is 0 Å². The smallest absolute Gasteiger partial charge is 0.226 e. The molecule has 0 saturated carbocycles. The van der Waals surface area contributed by atoms with Crippen LogP contribution in [0.4, 0.5) is 29.0 Å². The van der Waals surface area contributed by atoms with Crippen molar-refractivity contribution in [1.29, 1.82) is 0 Å². The Bertz CT molecular complexity index is 865. The van der Waals surface area contributed by atoms with E-state index in [1.54, 1.807) is 0 Å². The number of nitrogens with one attached hydrogen (secondary N) is 3. The molecule has 10 heteroatoms. The van der Waals surface area contributed by atoms with Gasteiger partial charge in [0.1, 0.15) is 5.69 Å². The third-order valence-corrected chi connectivity index (χ3v) is 5.11. The molecule has 164 valence electrons. The predicted molar refractivity (Wildman–Crippen MR) is 126 cm³/mol. The lowest BCUT2D eigenvalue weighted by atomic mass is 10.2. The Morgan fingerprint density at radius 2 is 1.77 bits per heavy atom. The molecule has 0 spiro atoms. The molecule has 1 aliphatic heterocycles. The van der Waals surface area contributed by atoms with Crippen LogP contribution in [0.1, 0.15) is 40.2 Å². The molecule has 0 radical (unpaired) electrons. The molecule has 1 aromatic heterocycles. The number of halogens is 1. The van der Waals surface area contributed by atoms with Gasteiger partial charge in [-0.05, 0) is 46.8 Å². The Labute approximate surface area is 183 Å². The molecular weight excluding hydrogens is 402 g/mol. The number of hydrogen-bond acceptors (Lipinski definition) is 9.